The van der Waals surface area contributed by atoms with E-state index in [1.54, 1.807) is 37.3 Å². The summed E-state index contributed by atoms with van der Waals surface area (Å²) < 4.78 is 71.4. The third-order valence-corrected chi connectivity index (χ3v) is 8.88. The van der Waals surface area contributed by atoms with Crippen LogP contribution in [0, 0.1) is 40.8 Å². The molecule has 3 aromatic rings. The number of rotatable bonds is 3. The number of alkyl halides is 4. The first-order valence-electron chi connectivity index (χ1n) is 13.7. The van der Waals surface area contributed by atoms with Gasteiger partial charge in [-0.2, -0.15) is 23.7 Å². The molecule has 2 fully saturated rings. The van der Waals surface area contributed by atoms with E-state index >= 15 is 0 Å². The number of aryl methyl sites for hydroxylation is 1. The Labute approximate surface area is 240 Å². The van der Waals surface area contributed by atoms with Crippen LogP contribution in [-0.2, 0) is 0 Å². The first-order chi connectivity index (χ1) is 19.8. The standard InChI is InChI=1S/C33H27F5N4/c1-16-3-17(5-21(34)4-16)23-9-25-26-10-24(18-6-22(35)12-32(2,11-18)33(36,37)38)20(14-40)8-28(26)30(31(41)29-15-42-29)27(25)7-19(23)13-39/h3-5,7-10,18,22,29,42H,6,11-12,15,41H2,1-2H3/b31-30-. The van der Waals surface area contributed by atoms with Crippen LogP contribution in [0.4, 0.5) is 22.0 Å². The van der Waals surface area contributed by atoms with Crippen molar-refractivity contribution in [1.82, 2.24) is 5.32 Å². The van der Waals surface area contributed by atoms with E-state index < -0.39 is 35.9 Å². The summed E-state index contributed by atoms with van der Waals surface area (Å²) in [5, 5.41) is 23.4. The van der Waals surface area contributed by atoms with Gasteiger partial charge in [0.1, 0.15) is 12.0 Å². The van der Waals surface area contributed by atoms with E-state index in [9.17, 15) is 32.5 Å². The van der Waals surface area contributed by atoms with Gasteiger partial charge in [-0.1, -0.05) is 13.0 Å². The van der Waals surface area contributed by atoms with Gasteiger partial charge in [-0.3, -0.25) is 0 Å². The summed E-state index contributed by atoms with van der Waals surface area (Å²) in [7, 11) is 0. The number of nitrogens with two attached hydrogens (primary N) is 1. The molecule has 214 valence electrons. The monoisotopic (exact) mass is 574 g/mol. The van der Waals surface area contributed by atoms with Gasteiger partial charge in [0.2, 0.25) is 0 Å². The number of nitrogens with one attached hydrogen (secondary N) is 1. The molecule has 0 aromatic heterocycles. The topological polar surface area (TPSA) is 95.5 Å². The van der Waals surface area contributed by atoms with Gasteiger partial charge >= 0.3 is 6.18 Å². The summed E-state index contributed by atoms with van der Waals surface area (Å²) in [4.78, 5) is 0. The molecule has 1 saturated heterocycles. The molecule has 9 heteroatoms. The fourth-order valence-electron chi connectivity index (χ4n) is 6.70. The lowest BCUT2D eigenvalue weighted by Gasteiger charge is -2.41. The number of hydrogen-bond acceptors (Lipinski definition) is 4. The average Bonchev–Trinajstić information content (AvgIpc) is 3.72. The van der Waals surface area contributed by atoms with E-state index in [2.05, 4.69) is 17.5 Å². The van der Waals surface area contributed by atoms with Crippen molar-refractivity contribution >= 4 is 5.57 Å². The van der Waals surface area contributed by atoms with Crippen LogP contribution in [0.3, 0.4) is 0 Å². The fraction of sp³-hybridized carbons (Fsp3) is 0.333. The van der Waals surface area contributed by atoms with Crippen molar-refractivity contribution in [2.75, 3.05) is 6.54 Å². The Kier molecular flexibility index (Phi) is 6.44. The molecule has 0 radical (unpaired) electrons. The van der Waals surface area contributed by atoms with Gasteiger partial charge in [0, 0.05) is 23.4 Å². The van der Waals surface area contributed by atoms with E-state index in [0.29, 0.717) is 67.9 Å². The first kappa shape index (κ1) is 27.9. The zero-order valence-electron chi connectivity index (χ0n) is 23.0. The SMILES string of the molecule is Cc1cc(F)cc(-c2cc3c(cc2C#N)/C(=C(/N)C2CN2)c2cc(C#N)c(C4CC(F)CC(C)(C(F)(F)F)C4)cc2-3)c1. The molecule has 0 spiro atoms. The number of fused-ring (bicyclic) bond motifs is 3. The van der Waals surface area contributed by atoms with Crippen LogP contribution in [0.25, 0.3) is 27.8 Å². The van der Waals surface area contributed by atoms with Gasteiger partial charge in [-0.05, 0) is 107 Å². The molecule has 6 rings (SSSR count). The van der Waals surface area contributed by atoms with Gasteiger partial charge in [0.05, 0.1) is 34.7 Å². The van der Waals surface area contributed by atoms with Crippen molar-refractivity contribution in [3.8, 4) is 34.4 Å². The Hall–Kier alpha value is -4.21. The van der Waals surface area contributed by atoms with Gasteiger partial charge in [-0.15, -0.1) is 0 Å². The maximum Gasteiger partial charge on any atom is 0.394 e. The number of nitriles is 2. The Morgan fingerprint density at radius 3 is 2.17 bits per heavy atom. The Bertz CT molecular complexity index is 1740. The third kappa shape index (κ3) is 4.53. The molecule has 4 unspecified atom stereocenters. The molecular formula is C33H27F5N4. The van der Waals surface area contributed by atoms with Crippen molar-refractivity contribution in [3.05, 3.63) is 87.4 Å². The molecule has 3 aliphatic rings. The van der Waals surface area contributed by atoms with E-state index in [1.165, 1.54) is 12.1 Å². The first-order valence-corrected chi connectivity index (χ1v) is 13.7. The van der Waals surface area contributed by atoms with Gasteiger partial charge in [0.25, 0.3) is 0 Å². The Morgan fingerprint density at radius 1 is 0.929 bits per heavy atom. The maximum absolute atomic E-state index is 14.9. The van der Waals surface area contributed by atoms with Crippen LogP contribution >= 0.6 is 0 Å². The summed E-state index contributed by atoms with van der Waals surface area (Å²) in [5.41, 5.74) is 10.6. The van der Waals surface area contributed by atoms with E-state index in [0.717, 1.165) is 6.92 Å². The lowest BCUT2D eigenvalue weighted by molar-refractivity contribution is -0.234. The smallest absolute Gasteiger partial charge is 0.394 e. The minimum Gasteiger partial charge on any atom is -0.400 e. The lowest BCUT2D eigenvalue weighted by Crippen LogP contribution is -2.42. The van der Waals surface area contributed by atoms with Crippen molar-refractivity contribution in [3.63, 3.8) is 0 Å². The summed E-state index contributed by atoms with van der Waals surface area (Å²) in [6.07, 6.45) is -7.34. The highest BCUT2D eigenvalue weighted by Crippen LogP contribution is 2.55. The molecule has 42 heavy (non-hydrogen) atoms. The molecule has 0 amide bonds. The van der Waals surface area contributed by atoms with Crippen LogP contribution in [0.2, 0.25) is 0 Å². The van der Waals surface area contributed by atoms with Crippen LogP contribution in [0.15, 0.2) is 48.2 Å². The Balaban J connectivity index is 1.59. The maximum atomic E-state index is 14.9. The molecule has 1 aliphatic heterocycles. The lowest BCUT2D eigenvalue weighted by atomic mass is 9.67. The summed E-state index contributed by atoms with van der Waals surface area (Å²) in [5.74, 6) is -1.28. The summed E-state index contributed by atoms with van der Waals surface area (Å²) in [6.45, 7) is 3.45. The predicted molar refractivity (Wildman–Crippen MR) is 149 cm³/mol. The number of hydrogen-bond donors (Lipinski definition) is 2. The number of halogens is 5. The molecular weight excluding hydrogens is 547 g/mol. The fourth-order valence-corrected chi connectivity index (χ4v) is 6.70. The number of nitrogens with zero attached hydrogens (tertiary/aromatic N) is 2. The average molecular weight is 575 g/mol. The molecule has 1 saturated carbocycles. The molecule has 1 heterocycles. The van der Waals surface area contributed by atoms with Crippen LogP contribution in [0.1, 0.15) is 65.5 Å². The van der Waals surface area contributed by atoms with Crippen molar-refractivity contribution in [1.29, 1.82) is 10.5 Å². The molecule has 4 nitrogen and oxygen atoms in total. The van der Waals surface area contributed by atoms with Crippen molar-refractivity contribution in [2.45, 2.75) is 57.4 Å². The number of benzene rings is 3. The molecule has 3 aromatic carbocycles. The van der Waals surface area contributed by atoms with Gasteiger partial charge in [-0.25, -0.2) is 8.78 Å². The van der Waals surface area contributed by atoms with E-state index in [1.807, 2.05) is 0 Å². The summed E-state index contributed by atoms with van der Waals surface area (Å²) >= 11 is 0. The zero-order valence-corrected chi connectivity index (χ0v) is 23.0. The molecule has 4 atom stereocenters. The van der Waals surface area contributed by atoms with Crippen LogP contribution < -0.4 is 11.1 Å². The third-order valence-electron chi connectivity index (χ3n) is 8.88. The van der Waals surface area contributed by atoms with E-state index in [-0.39, 0.29) is 24.4 Å². The largest absolute Gasteiger partial charge is 0.400 e. The molecule has 0 bridgehead atoms. The highest BCUT2D eigenvalue weighted by atomic mass is 19.4. The van der Waals surface area contributed by atoms with Crippen LogP contribution in [-0.4, -0.2) is 24.9 Å². The zero-order chi connectivity index (χ0) is 30.1. The second-order valence-corrected chi connectivity index (χ2v) is 12.0. The van der Waals surface area contributed by atoms with E-state index in [4.69, 9.17) is 5.73 Å². The highest BCUT2D eigenvalue weighted by Gasteiger charge is 2.55. The quantitative estimate of drug-likeness (QED) is 0.197. The predicted octanol–water partition coefficient (Wildman–Crippen LogP) is 7.39. The summed E-state index contributed by atoms with van der Waals surface area (Å²) in [6, 6.07) is 15.5. The molecule has 2 aliphatic carbocycles. The minimum atomic E-state index is -4.60. The van der Waals surface area contributed by atoms with Gasteiger partial charge < -0.3 is 11.1 Å². The van der Waals surface area contributed by atoms with Crippen molar-refractivity contribution < 1.29 is 22.0 Å². The minimum absolute atomic E-state index is 0.0989. The second-order valence-electron chi connectivity index (χ2n) is 12.0. The highest BCUT2D eigenvalue weighted by molar-refractivity contribution is 6.04. The molecule has 3 N–H and O–H groups in total. The van der Waals surface area contributed by atoms with Gasteiger partial charge in [0.15, 0.2) is 0 Å². The Morgan fingerprint density at radius 2 is 1.57 bits per heavy atom. The second kappa shape index (κ2) is 9.68. The van der Waals surface area contributed by atoms with Crippen LogP contribution in [0.5, 0.6) is 0 Å². The van der Waals surface area contributed by atoms with Crippen molar-refractivity contribution in [2.24, 2.45) is 11.1 Å². The normalized spacial score (nSPS) is 25.7.